The number of aryl methyl sites for hydroxylation is 1. The summed E-state index contributed by atoms with van der Waals surface area (Å²) >= 11 is 7.19. The Kier molecular flexibility index (Phi) is 6.76. The number of nitrogens with zero attached hydrogens (tertiary/aromatic N) is 1. The van der Waals surface area contributed by atoms with Crippen molar-refractivity contribution in [3.8, 4) is 0 Å². The number of thiophene rings is 1. The van der Waals surface area contributed by atoms with Crippen molar-refractivity contribution in [3.63, 3.8) is 0 Å². The molecule has 1 aromatic heterocycles. The van der Waals surface area contributed by atoms with E-state index in [4.69, 9.17) is 16.3 Å². The zero-order valence-electron chi connectivity index (χ0n) is 11.5. The molecule has 1 heterocycles. The highest BCUT2D eigenvalue weighted by Gasteiger charge is 2.26. The summed E-state index contributed by atoms with van der Waals surface area (Å²) in [6.07, 6.45) is 0. The van der Waals surface area contributed by atoms with Gasteiger partial charge in [-0.3, -0.25) is 0 Å². The highest BCUT2D eigenvalue weighted by atomic mass is 35.5. The van der Waals surface area contributed by atoms with Crippen LogP contribution in [-0.2, 0) is 20.6 Å². The van der Waals surface area contributed by atoms with E-state index in [0.29, 0.717) is 37.1 Å². The van der Waals surface area contributed by atoms with E-state index in [1.165, 1.54) is 15.6 Å². The molecule has 0 radical (unpaired) electrons. The topological polar surface area (TPSA) is 46.6 Å². The molecule has 0 unspecified atom stereocenters. The van der Waals surface area contributed by atoms with Gasteiger partial charge in [-0.25, -0.2) is 8.42 Å². The molecular formula is C12H20ClNO3S2. The van der Waals surface area contributed by atoms with Gasteiger partial charge in [0.1, 0.15) is 0 Å². The molecule has 110 valence electrons. The van der Waals surface area contributed by atoms with E-state index in [9.17, 15) is 8.42 Å². The van der Waals surface area contributed by atoms with Crippen LogP contribution in [0.1, 0.15) is 23.6 Å². The largest absolute Gasteiger partial charge is 0.380 e. The van der Waals surface area contributed by atoms with Crippen molar-refractivity contribution in [1.29, 1.82) is 0 Å². The Morgan fingerprint density at radius 3 is 2.58 bits per heavy atom. The molecule has 1 rings (SSSR count). The Hall–Kier alpha value is -0.140. The van der Waals surface area contributed by atoms with Crippen molar-refractivity contribution in [2.75, 3.05) is 26.3 Å². The third-order valence-electron chi connectivity index (χ3n) is 2.71. The van der Waals surface area contributed by atoms with Gasteiger partial charge in [-0.1, -0.05) is 6.92 Å². The van der Waals surface area contributed by atoms with Gasteiger partial charge in [0.05, 0.1) is 17.4 Å². The molecule has 0 saturated heterocycles. The molecule has 1 aromatic rings. The van der Waals surface area contributed by atoms with E-state index < -0.39 is 10.0 Å². The lowest BCUT2D eigenvalue weighted by molar-refractivity contribution is 0.135. The lowest BCUT2D eigenvalue weighted by Crippen LogP contribution is -2.34. The van der Waals surface area contributed by atoms with Crippen LogP contribution < -0.4 is 0 Å². The summed E-state index contributed by atoms with van der Waals surface area (Å²) in [5.74, 6) is 0.339. The van der Waals surface area contributed by atoms with Crippen LogP contribution in [0.3, 0.4) is 0 Å². The van der Waals surface area contributed by atoms with E-state index in [-0.39, 0.29) is 0 Å². The second-order valence-corrected chi connectivity index (χ2v) is 7.47. The SMILES string of the molecule is CCOCCN(CC)S(=O)(=O)c1cc(CCl)sc1C. The van der Waals surface area contributed by atoms with E-state index in [2.05, 4.69) is 0 Å². The molecule has 0 aliphatic heterocycles. The van der Waals surface area contributed by atoms with Gasteiger partial charge in [-0.05, 0) is 19.9 Å². The number of alkyl halides is 1. The molecule has 4 nitrogen and oxygen atoms in total. The van der Waals surface area contributed by atoms with E-state index in [0.717, 1.165) is 9.75 Å². The summed E-state index contributed by atoms with van der Waals surface area (Å²) in [6.45, 7) is 7.33. The monoisotopic (exact) mass is 325 g/mol. The molecule has 0 N–H and O–H groups in total. The van der Waals surface area contributed by atoms with Crippen molar-refractivity contribution in [3.05, 3.63) is 15.8 Å². The second-order valence-electron chi connectivity index (χ2n) is 3.96. The number of ether oxygens (including phenoxy) is 1. The zero-order chi connectivity index (χ0) is 14.5. The molecule has 0 amide bonds. The van der Waals surface area contributed by atoms with Crippen molar-refractivity contribution in [2.45, 2.75) is 31.5 Å². The summed E-state index contributed by atoms with van der Waals surface area (Å²) in [6, 6.07) is 1.67. The molecule has 0 bridgehead atoms. The van der Waals surface area contributed by atoms with E-state index in [1.807, 2.05) is 20.8 Å². The first-order valence-electron chi connectivity index (χ1n) is 6.20. The molecule has 0 aliphatic rings. The lowest BCUT2D eigenvalue weighted by atomic mass is 10.4. The first kappa shape index (κ1) is 16.9. The number of hydrogen-bond donors (Lipinski definition) is 0. The van der Waals surface area contributed by atoms with Crippen LogP contribution in [0.15, 0.2) is 11.0 Å². The van der Waals surface area contributed by atoms with Crippen LogP contribution in [0.5, 0.6) is 0 Å². The van der Waals surface area contributed by atoms with E-state index in [1.54, 1.807) is 6.07 Å². The Labute approximate surface area is 124 Å². The summed E-state index contributed by atoms with van der Waals surface area (Å²) in [5.41, 5.74) is 0. The van der Waals surface area contributed by atoms with Crippen LogP contribution in [0.25, 0.3) is 0 Å². The average Bonchev–Trinajstić information content (AvgIpc) is 2.76. The second kappa shape index (κ2) is 7.59. The highest BCUT2D eigenvalue weighted by Crippen LogP contribution is 2.29. The molecule has 0 atom stereocenters. The van der Waals surface area contributed by atoms with Crippen LogP contribution >= 0.6 is 22.9 Å². The van der Waals surface area contributed by atoms with Gasteiger partial charge in [-0.15, -0.1) is 22.9 Å². The standard InChI is InChI=1S/C12H20ClNO3S2/c1-4-14(6-7-17-5-2)19(15,16)12-8-11(9-13)18-10(12)3/h8H,4-7,9H2,1-3H3. The van der Waals surface area contributed by atoms with Gasteiger partial charge in [0.25, 0.3) is 0 Å². The van der Waals surface area contributed by atoms with Gasteiger partial charge in [0.15, 0.2) is 0 Å². The summed E-state index contributed by atoms with van der Waals surface area (Å²) in [5, 5.41) is 0. The molecule has 0 spiro atoms. The maximum absolute atomic E-state index is 12.5. The predicted molar refractivity (Wildman–Crippen MR) is 79.5 cm³/mol. The fourth-order valence-corrected chi connectivity index (χ4v) is 4.87. The fraction of sp³-hybridized carbons (Fsp3) is 0.667. The number of rotatable bonds is 8. The highest BCUT2D eigenvalue weighted by molar-refractivity contribution is 7.89. The third kappa shape index (κ3) is 4.16. The summed E-state index contributed by atoms with van der Waals surface area (Å²) < 4.78 is 31.8. The number of hydrogen-bond acceptors (Lipinski definition) is 4. The predicted octanol–water partition coefficient (Wildman–Crippen LogP) is 2.84. The summed E-state index contributed by atoms with van der Waals surface area (Å²) in [7, 11) is -3.45. The molecular weight excluding hydrogens is 306 g/mol. The van der Waals surface area contributed by atoms with Crippen LogP contribution in [0, 0.1) is 6.92 Å². The Morgan fingerprint density at radius 1 is 1.42 bits per heavy atom. The Balaban J connectivity index is 2.96. The first-order valence-corrected chi connectivity index (χ1v) is 8.99. The third-order valence-corrected chi connectivity index (χ3v) is 6.44. The van der Waals surface area contributed by atoms with Crippen LogP contribution in [-0.4, -0.2) is 39.0 Å². The first-order chi connectivity index (χ1) is 8.97. The van der Waals surface area contributed by atoms with Gasteiger partial charge in [0.2, 0.25) is 10.0 Å². The Bertz CT molecular complexity index is 499. The van der Waals surface area contributed by atoms with Crippen molar-refractivity contribution >= 4 is 33.0 Å². The van der Waals surface area contributed by atoms with Gasteiger partial charge in [0, 0.05) is 29.5 Å². The van der Waals surface area contributed by atoms with Gasteiger partial charge in [-0.2, -0.15) is 4.31 Å². The van der Waals surface area contributed by atoms with Crippen molar-refractivity contribution in [1.82, 2.24) is 4.31 Å². The smallest absolute Gasteiger partial charge is 0.244 e. The minimum atomic E-state index is -3.45. The van der Waals surface area contributed by atoms with Gasteiger partial charge >= 0.3 is 0 Å². The van der Waals surface area contributed by atoms with Crippen LogP contribution in [0.4, 0.5) is 0 Å². The number of likely N-dealkylation sites (N-methyl/N-ethyl adjacent to an activating group) is 1. The molecule has 0 fully saturated rings. The molecule has 0 aromatic carbocycles. The number of halogens is 1. The number of sulfonamides is 1. The molecule has 0 aliphatic carbocycles. The molecule has 0 saturated carbocycles. The molecule has 19 heavy (non-hydrogen) atoms. The van der Waals surface area contributed by atoms with Gasteiger partial charge < -0.3 is 4.74 Å². The maximum atomic E-state index is 12.5. The average molecular weight is 326 g/mol. The fourth-order valence-electron chi connectivity index (χ4n) is 1.74. The quantitative estimate of drug-likeness (QED) is 0.545. The van der Waals surface area contributed by atoms with E-state index >= 15 is 0 Å². The van der Waals surface area contributed by atoms with Crippen molar-refractivity contribution < 1.29 is 13.2 Å². The Morgan fingerprint density at radius 2 is 2.11 bits per heavy atom. The normalized spacial score (nSPS) is 12.3. The summed E-state index contributed by atoms with van der Waals surface area (Å²) in [4.78, 5) is 2.02. The minimum absolute atomic E-state index is 0.339. The molecule has 7 heteroatoms. The van der Waals surface area contributed by atoms with Crippen LogP contribution in [0.2, 0.25) is 0 Å². The lowest BCUT2D eigenvalue weighted by Gasteiger charge is -2.20. The maximum Gasteiger partial charge on any atom is 0.244 e. The minimum Gasteiger partial charge on any atom is -0.380 e. The van der Waals surface area contributed by atoms with Crippen molar-refractivity contribution in [2.24, 2.45) is 0 Å². The zero-order valence-corrected chi connectivity index (χ0v) is 13.9.